The fourth-order valence-electron chi connectivity index (χ4n) is 2.45. The lowest BCUT2D eigenvalue weighted by Gasteiger charge is -2.09. The van der Waals surface area contributed by atoms with E-state index in [0.29, 0.717) is 5.56 Å². The fraction of sp³-hybridized carbons (Fsp3) is 0.368. The van der Waals surface area contributed by atoms with Crippen LogP contribution >= 0.6 is 0 Å². The molecular weight excluding hydrogens is 261 g/mol. The third kappa shape index (κ3) is 4.40. The Morgan fingerprint density at radius 3 is 2.29 bits per heavy atom. The Labute approximate surface area is 127 Å². The van der Waals surface area contributed by atoms with Gasteiger partial charge in [0.25, 0.3) is 0 Å². The average molecular weight is 285 g/mol. The van der Waals surface area contributed by atoms with Gasteiger partial charge < -0.3 is 5.32 Å². The van der Waals surface area contributed by atoms with Crippen LogP contribution in [0.5, 0.6) is 0 Å². The van der Waals surface area contributed by atoms with E-state index in [1.165, 1.54) is 5.56 Å². The first-order chi connectivity index (χ1) is 10.2. The molecule has 0 bridgehead atoms. The van der Waals surface area contributed by atoms with Crippen LogP contribution < -0.4 is 5.32 Å². The molecule has 0 aliphatic carbocycles. The lowest BCUT2D eigenvalue weighted by molar-refractivity contribution is 0.628. The maximum atomic E-state index is 14.1. The lowest BCUT2D eigenvalue weighted by Crippen LogP contribution is -2.13. The van der Waals surface area contributed by atoms with E-state index in [0.717, 1.165) is 43.5 Å². The number of halogens is 1. The molecule has 0 aromatic heterocycles. The number of benzene rings is 2. The molecule has 0 saturated heterocycles. The lowest BCUT2D eigenvalue weighted by atomic mass is 10.00. The van der Waals surface area contributed by atoms with Gasteiger partial charge >= 0.3 is 0 Å². The summed E-state index contributed by atoms with van der Waals surface area (Å²) in [6, 6.07) is 13.6. The van der Waals surface area contributed by atoms with E-state index in [4.69, 9.17) is 0 Å². The van der Waals surface area contributed by atoms with E-state index in [1.54, 1.807) is 6.07 Å². The Bertz CT molecular complexity index is 560. The molecule has 0 unspecified atom stereocenters. The molecule has 2 rings (SSSR count). The summed E-state index contributed by atoms with van der Waals surface area (Å²) in [5, 5.41) is 3.35. The first kappa shape index (κ1) is 15.7. The zero-order chi connectivity index (χ0) is 15.1. The minimum absolute atomic E-state index is 0.155. The van der Waals surface area contributed by atoms with E-state index in [-0.39, 0.29) is 5.82 Å². The topological polar surface area (TPSA) is 12.0 Å². The van der Waals surface area contributed by atoms with Crippen LogP contribution in [-0.2, 0) is 13.0 Å². The van der Waals surface area contributed by atoms with Crippen molar-refractivity contribution in [3.8, 4) is 11.1 Å². The van der Waals surface area contributed by atoms with Gasteiger partial charge in [0.15, 0.2) is 0 Å². The van der Waals surface area contributed by atoms with Crippen LogP contribution in [0.25, 0.3) is 11.1 Å². The Hall–Kier alpha value is -1.67. The second-order valence-electron chi connectivity index (χ2n) is 5.44. The summed E-state index contributed by atoms with van der Waals surface area (Å²) in [7, 11) is 0. The fourth-order valence-corrected chi connectivity index (χ4v) is 2.45. The third-order valence-corrected chi connectivity index (χ3v) is 3.59. The molecule has 0 amide bonds. The highest BCUT2D eigenvalue weighted by molar-refractivity contribution is 5.65. The normalized spacial score (nSPS) is 10.8. The maximum Gasteiger partial charge on any atom is 0.131 e. The number of rotatable bonds is 7. The van der Waals surface area contributed by atoms with Crippen molar-refractivity contribution in [2.45, 2.75) is 39.7 Å². The molecule has 0 saturated carbocycles. The van der Waals surface area contributed by atoms with Crippen molar-refractivity contribution < 1.29 is 4.39 Å². The summed E-state index contributed by atoms with van der Waals surface area (Å²) in [4.78, 5) is 0. The van der Waals surface area contributed by atoms with Crippen LogP contribution in [0.4, 0.5) is 4.39 Å². The minimum Gasteiger partial charge on any atom is -0.313 e. The van der Waals surface area contributed by atoms with Crippen LogP contribution in [0.3, 0.4) is 0 Å². The van der Waals surface area contributed by atoms with Gasteiger partial charge in [-0.15, -0.1) is 0 Å². The third-order valence-electron chi connectivity index (χ3n) is 3.59. The second-order valence-corrected chi connectivity index (χ2v) is 5.44. The van der Waals surface area contributed by atoms with Crippen LogP contribution in [-0.4, -0.2) is 6.54 Å². The Balaban J connectivity index is 2.19. The first-order valence-corrected chi connectivity index (χ1v) is 7.83. The number of nitrogens with one attached hydrogen (secondary N) is 1. The highest BCUT2D eigenvalue weighted by Gasteiger charge is 2.06. The predicted molar refractivity (Wildman–Crippen MR) is 87.8 cm³/mol. The standard InChI is InChI=1S/C19H24FN/c1-3-5-15-6-9-17(10-7-15)18-13-16(8-11-19(18)20)14-21-12-4-2/h6-11,13,21H,3-5,12,14H2,1-2H3. The van der Waals surface area contributed by atoms with Crippen molar-refractivity contribution in [1.29, 1.82) is 0 Å². The quantitative estimate of drug-likeness (QED) is 0.710. The summed E-state index contributed by atoms with van der Waals surface area (Å²) >= 11 is 0. The van der Waals surface area contributed by atoms with Crippen LogP contribution in [0.15, 0.2) is 42.5 Å². The van der Waals surface area contributed by atoms with E-state index in [9.17, 15) is 4.39 Å². The molecule has 1 N–H and O–H groups in total. The summed E-state index contributed by atoms with van der Waals surface area (Å²) < 4.78 is 14.1. The summed E-state index contributed by atoms with van der Waals surface area (Å²) in [6.07, 6.45) is 3.31. The van der Waals surface area contributed by atoms with E-state index >= 15 is 0 Å². The van der Waals surface area contributed by atoms with Crippen LogP contribution in [0, 0.1) is 5.82 Å². The molecule has 0 aliphatic heterocycles. The Morgan fingerprint density at radius 2 is 1.62 bits per heavy atom. The molecule has 2 aromatic rings. The van der Waals surface area contributed by atoms with Gasteiger partial charge in [-0.3, -0.25) is 0 Å². The van der Waals surface area contributed by atoms with E-state index < -0.39 is 0 Å². The Morgan fingerprint density at radius 1 is 0.905 bits per heavy atom. The van der Waals surface area contributed by atoms with Crippen molar-refractivity contribution in [3.05, 3.63) is 59.4 Å². The first-order valence-electron chi connectivity index (χ1n) is 7.83. The van der Waals surface area contributed by atoms with Gasteiger partial charge in [0.2, 0.25) is 0 Å². The van der Waals surface area contributed by atoms with Gasteiger partial charge in [-0.25, -0.2) is 4.39 Å². The summed E-state index contributed by atoms with van der Waals surface area (Å²) in [6.45, 7) is 6.08. The van der Waals surface area contributed by atoms with Gasteiger partial charge in [-0.05, 0) is 48.2 Å². The molecule has 2 heteroatoms. The summed E-state index contributed by atoms with van der Waals surface area (Å²) in [5.41, 5.74) is 4.07. The van der Waals surface area contributed by atoms with Gasteiger partial charge in [-0.1, -0.05) is 50.6 Å². The van der Waals surface area contributed by atoms with Gasteiger partial charge in [0, 0.05) is 12.1 Å². The van der Waals surface area contributed by atoms with Crippen molar-refractivity contribution in [1.82, 2.24) is 5.32 Å². The molecule has 0 fully saturated rings. The number of hydrogen-bond acceptors (Lipinski definition) is 1. The minimum atomic E-state index is -0.155. The van der Waals surface area contributed by atoms with Crippen LogP contribution in [0.1, 0.15) is 37.8 Å². The molecule has 0 atom stereocenters. The molecule has 0 aliphatic rings. The predicted octanol–water partition coefficient (Wildman–Crippen LogP) is 4.94. The molecule has 1 nitrogen and oxygen atoms in total. The number of hydrogen-bond donors (Lipinski definition) is 1. The molecular formula is C19H24FN. The smallest absolute Gasteiger partial charge is 0.131 e. The van der Waals surface area contributed by atoms with Gasteiger partial charge in [-0.2, -0.15) is 0 Å². The SMILES string of the molecule is CCCNCc1ccc(F)c(-c2ccc(CCC)cc2)c1. The van der Waals surface area contributed by atoms with Crippen molar-refractivity contribution in [2.24, 2.45) is 0 Å². The van der Waals surface area contributed by atoms with Gasteiger partial charge in [0.1, 0.15) is 5.82 Å². The highest BCUT2D eigenvalue weighted by Crippen LogP contribution is 2.24. The summed E-state index contributed by atoms with van der Waals surface area (Å²) in [5.74, 6) is -0.155. The van der Waals surface area contributed by atoms with Crippen molar-refractivity contribution in [3.63, 3.8) is 0 Å². The zero-order valence-corrected chi connectivity index (χ0v) is 13.0. The monoisotopic (exact) mass is 285 g/mol. The molecule has 2 aromatic carbocycles. The highest BCUT2D eigenvalue weighted by atomic mass is 19.1. The van der Waals surface area contributed by atoms with E-state index in [2.05, 4.69) is 31.3 Å². The zero-order valence-electron chi connectivity index (χ0n) is 13.0. The second kappa shape index (κ2) is 7.94. The average Bonchev–Trinajstić information content (AvgIpc) is 2.50. The maximum absolute atomic E-state index is 14.1. The van der Waals surface area contributed by atoms with Gasteiger partial charge in [0.05, 0.1) is 0 Å². The van der Waals surface area contributed by atoms with E-state index in [1.807, 2.05) is 24.3 Å². The molecule has 0 radical (unpaired) electrons. The number of aryl methyl sites for hydroxylation is 1. The Kier molecular flexibility index (Phi) is 5.94. The molecule has 0 heterocycles. The van der Waals surface area contributed by atoms with Crippen LogP contribution in [0.2, 0.25) is 0 Å². The largest absolute Gasteiger partial charge is 0.313 e. The van der Waals surface area contributed by atoms with Crippen molar-refractivity contribution in [2.75, 3.05) is 6.54 Å². The molecule has 21 heavy (non-hydrogen) atoms. The molecule has 0 spiro atoms. The van der Waals surface area contributed by atoms with Crippen molar-refractivity contribution >= 4 is 0 Å². The molecule has 112 valence electrons.